The van der Waals surface area contributed by atoms with Gasteiger partial charge >= 0.3 is 6.03 Å². The molecule has 4 atom stereocenters. The number of fused-ring (bicyclic) bond motifs is 1. The van der Waals surface area contributed by atoms with Crippen LogP contribution < -0.4 is 16.0 Å². The van der Waals surface area contributed by atoms with Crippen molar-refractivity contribution < 1.29 is 26.8 Å². The number of nitrogens with zero attached hydrogens (tertiary/aromatic N) is 3. The van der Waals surface area contributed by atoms with E-state index in [4.69, 9.17) is 10.5 Å². The number of sulfonamides is 1. The third kappa shape index (κ3) is 4.28. The zero-order valence-corrected chi connectivity index (χ0v) is 17.0. The molecule has 0 radical (unpaired) electrons. The van der Waals surface area contributed by atoms with Gasteiger partial charge in [0.05, 0.1) is 29.3 Å². The molecule has 2 aliphatic rings. The van der Waals surface area contributed by atoms with Crippen LogP contribution in [0.3, 0.4) is 0 Å². The zero-order chi connectivity index (χ0) is 22.9. The van der Waals surface area contributed by atoms with Gasteiger partial charge in [0.25, 0.3) is 10.0 Å². The number of carbonyl (C=O) groups is 2. The molecule has 0 aromatic heterocycles. The summed E-state index contributed by atoms with van der Waals surface area (Å²) in [6.07, 6.45) is -1.41. The van der Waals surface area contributed by atoms with E-state index in [0.717, 1.165) is 6.07 Å². The average molecular weight is 452 g/mol. The topological polar surface area (TPSA) is 155 Å². The van der Waals surface area contributed by atoms with Crippen molar-refractivity contribution in [2.24, 2.45) is 5.92 Å². The summed E-state index contributed by atoms with van der Waals surface area (Å²) < 4.78 is 53.9. The van der Waals surface area contributed by atoms with Crippen molar-refractivity contribution in [2.45, 2.75) is 36.5 Å². The number of nitriles is 2. The molecule has 2 aliphatic heterocycles. The molecular weight excluding hydrogens is 434 g/mol. The van der Waals surface area contributed by atoms with Crippen LogP contribution in [0.5, 0.6) is 0 Å². The third-order valence-electron chi connectivity index (χ3n) is 5.09. The first-order chi connectivity index (χ1) is 14.6. The van der Waals surface area contributed by atoms with Crippen molar-refractivity contribution in [3.63, 3.8) is 0 Å². The molecule has 10 nitrogen and oxygen atoms in total. The Kier molecular flexibility index (Phi) is 6.10. The predicted octanol–water partition coefficient (Wildman–Crippen LogP) is 0.578. The van der Waals surface area contributed by atoms with Gasteiger partial charge in [-0.15, -0.1) is 0 Å². The van der Waals surface area contributed by atoms with E-state index >= 15 is 0 Å². The maximum atomic E-state index is 14.3. The molecule has 1 fully saturated rings. The van der Waals surface area contributed by atoms with E-state index in [0.29, 0.717) is 6.07 Å². The van der Waals surface area contributed by atoms with Crippen molar-refractivity contribution in [2.75, 3.05) is 18.4 Å². The maximum absolute atomic E-state index is 14.3. The minimum absolute atomic E-state index is 0.00156. The van der Waals surface area contributed by atoms with Crippen LogP contribution in [0.15, 0.2) is 17.0 Å². The zero-order valence-electron chi connectivity index (χ0n) is 16.2. The van der Waals surface area contributed by atoms with Gasteiger partial charge in [-0.3, -0.25) is 4.79 Å². The fraction of sp³-hybridized carbons (Fsp3) is 0.444. The van der Waals surface area contributed by atoms with Crippen LogP contribution in [0.25, 0.3) is 0 Å². The Morgan fingerprint density at radius 3 is 2.74 bits per heavy atom. The minimum atomic E-state index is -4.62. The van der Waals surface area contributed by atoms with E-state index in [-0.39, 0.29) is 17.3 Å². The van der Waals surface area contributed by atoms with Gasteiger partial charge < -0.3 is 16.0 Å². The lowest BCUT2D eigenvalue weighted by atomic mass is 9.90. The second-order valence-electron chi connectivity index (χ2n) is 7.25. The van der Waals surface area contributed by atoms with Crippen LogP contribution in [-0.4, -0.2) is 56.0 Å². The second kappa shape index (κ2) is 8.45. The Morgan fingerprint density at radius 1 is 1.42 bits per heavy atom. The fourth-order valence-corrected chi connectivity index (χ4v) is 5.16. The minimum Gasteiger partial charge on any atom is -0.350 e. The molecular formula is C18H18F2N6O4S. The average Bonchev–Trinajstić information content (AvgIpc) is 2.69. The number of nitrogens with one attached hydrogen (secondary N) is 3. The van der Waals surface area contributed by atoms with Crippen LogP contribution >= 0.6 is 0 Å². The summed E-state index contributed by atoms with van der Waals surface area (Å²) in [7, 11) is -4.62. The predicted molar refractivity (Wildman–Crippen MR) is 102 cm³/mol. The third-order valence-corrected chi connectivity index (χ3v) is 6.92. The lowest BCUT2D eigenvalue weighted by Gasteiger charge is -2.35. The Hall–Kier alpha value is -3.29. The number of halogens is 2. The van der Waals surface area contributed by atoms with E-state index in [1.807, 2.05) is 6.07 Å². The molecule has 1 aromatic rings. The SMILES string of the molecule is C[C@@H](NC(=O)CN1C(=O)Nc2cc(F)cc(C#N)c2S1(=O)=O)C1NCC(C#N)CC1F. The van der Waals surface area contributed by atoms with Crippen molar-refractivity contribution in [1.29, 1.82) is 10.5 Å². The molecule has 2 heterocycles. The smallest absolute Gasteiger partial charge is 0.336 e. The number of urea groups is 1. The first kappa shape index (κ1) is 22.4. The number of hydrogen-bond acceptors (Lipinski definition) is 7. The van der Waals surface area contributed by atoms with Gasteiger partial charge in [-0.05, 0) is 25.5 Å². The molecule has 0 bridgehead atoms. The summed E-state index contributed by atoms with van der Waals surface area (Å²) >= 11 is 0. The number of carbonyl (C=O) groups excluding carboxylic acids is 2. The normalized spacial score (nSPS) is 25.4. The van der Waals surface area contributed by atoms with Crippen molar-refractivity contribution in [3.8, 4) is 12.1 Å². The number of hydrogen-bond donors (Lipinski definition) is 3. The summed E-state index contributed by atoms with van der Waals surface area (Å²) in [6, 6.07) is 2.23. The van der Waals surface area contributed by atoms with Gasteiger partial charge in [0.2, 0.25) is 5.91 Å². The van der Waals surface area contributed by atoms with Crippen LogP contribution in [0.2, 0.25) is 0 Å². The fourth-order valence-electron chi connectivity index (χ4n) is 3.62. The van der Waals surface area contributed by atoms with Crippen molar-refractivity contribution in [3.05, 3.63) is 23.5 Å². The first-order valence-electron chi connectivity index (χ1n) is 9.22. The lowest BCUT2D eigenvalue weighted by Crippen LogP contribution is -2.58. The van der Waals surface area contributed by atoms with E-state index < -0.39 is 74.6 Å². The number of alkyl halides is 1. The first-order valence-corrected chi connectivity index (χ1v) is 10.7. The summed E-state index contributed by atoms with van der Waals surface area (Å²) in [4.78, 5) is 24.1. The Balaban J connectivity index is 1.76. The second-order valence-corrected chi connectivity index (χ2v) is 9.05. The van der Waals surface area contributed by atoms with Gasteiger partial charge in [-0.25, -0.2) is 26.3 Å². The van der Waals surface area contributed by atoms with Crippen LogP contribution in [0.1, 0.15) is 18.9 Å². The molecule has 0 spiro atoms. The van der Waals surface area contributed by atoms with Gasteiger partial charge in [0.15, 0.2) is 0 Å². The van der Waals surface area contributed by atoms with E-state index in [1.54, 1.807) is 6.07 Å². The molecule has 31 heavy (non-hydrogen) atoms. The monoisotopic (exact) mass is 452 g/mol. The molecule has 3 unspecified atom stereocenters. The molecule has 0 saturated carbocycles. The largest absolute Gasteiger partial charge is 0.350 e. The number of rotatable bonds is 4. The lowest BCUT2D eigenvalue weighted by molar-refractivity contribution is -0.121. The molecule has 3 N–H and O–H groups in total. The van der Waals surface area contributed by atoms with Crippen molar-refractivity contribution in [1.82, 2.24) is 14.9 Å². The molecule has 13 heteroatoms. The number of benzene rings is 1. The van der Waals surface area contributed by atoms with Gasteiger partial charge in [-0.2, -0.15) is 10.5 Å². The van der Waals surface area contributed by atoms with Crippen molar-refractivity contribution >= 4 is 27.6 Å². The summed E-state index contributed by atoms with van der Waals surface area (Å²) in [5.74, 6) is -2.28. The number of amides is 3. The van der Waals surface area contributed by atoms with Gasteiger partial charge in [0, 0.05) is 12.6 Å². The highest BCUT2D eigenvalue weighted by molar-refractivity contribution is 7.90. The quantitative estimate of drug-likeness (QED) is 0.603. The summed E-state index contributed by atoms with van der Waals surface area (Å²) in [5.41, 5.74) is -0.919. The van der Waals surface area contributed by atoms with Gasteiger partial charge in [0.1, 0.15) is 29.5 Å². The Labute approximate surface area is 176 Å². The Bertz CT molecular complexity index is 1110. The van der Waals surface area contributed by atoms with Crippen LogP contribution in [0.4, 0.5) is 19.3 Å². The van der Waals surface area contributed by atoms with Gasteiger partial charge in [-0.1, -0.05) is 0 Å². The molecule has 1 aromatic carbocycles. The van der Waals surface area contributed by atoms with Crippen LogP contribution in [0, 0.1) is 34.4 Å². The molecule has 3 amide bonds. The number of piperidine rings is 1. The molecule has 1 saturated heterocycles. The Morgan fingerprint density at radius 2 is 2.13 bits per heavy atom. The molecule has 0 aliphatic carbocycles. The molecule has 3 rings (SSSR count). The number of anilines is 1. The van der Waals surface area contributed by atoms with E-state index in [2.05, 4.69) is 16.0 Å². The highest BCUT2D eigenvalue weighted by Crippen LogP contribution is 2.33. The standard InChI is InChI=1S/C18H18F2N6O4S/c1-9(16-13(20)2-10(5-21)7-23-16)24-15(27)8-26-18(28)25-14-4-12(19)3-11(6-22)17(14)31(26,29)30/h3-4,9-10,13,16,23H,2,7-8H2,1H3,(H,24,27)(H,25,28)/t9-,10?,13?,16?/m1/s1. The molecule has 164 valence electrons. The van der Waals surface area contributed by atoms with Crippen LogP contribution in [-0.2, 0) is 14.8 Å². The van der Waals surface area contributed by atoms with E-state index in [1.165, 1.54) is 6.92 Å². The maximum Gasteiger partial charge on any atom is 0.336 e. The van der Waals surface area contributed by atoms with E-state index in [9.17, 15) is 26.8 Å². The highest BCUT2D eigenvalue weighted by Gasteiger charge is 2.41. The summed E-state index contributed by atoms with van der Waals surface area (Å²) in [5, 5.41) is 25.5. The highest BCUT2D eigenvalue weighted by atomic mass is 32.2. The summed E-state index contributed by atoms with van der Waals surface area (Å²) in [6.45, 7) is 0.825.